The van der Waals surface area contributed by atoms with E-state index in [9.17, 15) is 9.59 Å². The first-order valence-electron chi connectivity index (χ1n) is 6.44. The highest BCUT2D eigenvalue weighted by atomic mass is 32.2. The Morgan fingerprint density at radius 3 is 2.67 bits per heavy atom. The van der Waals surface area contributed by atoms with Gasteiger partial charge in [-0.3, -0.25) is 9.59 Å². The van der Waals surface area contributed by atoms with Crippen LogP contribution in [0.4, 0.5) is 0 Å². The molecule has 0 bridgehead atoms. The minimum Gasteiger partial charge on any atom is -0.497 e. The number of primary amides is 1. The fourth-order valence-corrected chi connectivity index (χ4v) is 3.57. The van der Waals surface area contributed by atoms with Crippen LogP contribution in [-0.4, -0.2) is 42.7 Å². The van der Waals surface area contributed by atoms with E-state index >= 15 is 0 Å². The molecule has 1 saturated heterocycles. The van der Waals surface area contributed by atoms with Gasteiger partial charge in [0.05, 0.1) is 19.5 Å². The second-order valence-corrected chi connectivity index (χ2v) is 6.10. The zero-order valence-corrected chi connectivity index (χ0v) is 13.0. The molecule has 2 atom stereocenters. The molecule has 7 heteroatoms. The summed E-state index contributed by atoms with van der Waals surface area (Å²) >= 11 is 1.46. The number of hydrogen-bond acceptors (Lipinski definition) is 5. The van der Waals surface area contributed by atoms with Crippen LogP contribution in [0.15, 0.2) is 18.2 Å². The first-order chi connectivity index (χ1) is 9.97. The van der Waals surface area contributed by atoms with Gasteiger partial charge < -0.3 is 20.1 Å². The van der Waals surface area contributed by atoms with Gasteiger partial charge in [0.25, 0.3) is 0 Å². The van der Waals surface area contributed by atoms with E-state index in [1.807, 2.05) is 13.0 Å². The van der Waals surface area contributed by atoms with E-state index in [0.717, 1.165) is 5.56 Å². The summed E-state index contributed by atoms with van der Waals surface area (Å²) in [5, 5.41) is -0.546. The van der Waals surface area contributed by atoms with Crippen molar-refractivity contribution >= 4 is 23.6 Å². The lowest BCUT2D eigenvalue weighted by Gasteiger charge is -2.24. The first-order valence-corrected chi connectivity index (χ1v) is 7.38. The predicted octanol–water partition coefficient (Wildman–Crippen LogP) is 1.15. The molecule has 6 nitrogen and oxygen atoms in total. The van der Waals surface area contributed by atoms with E-state index in [2.05, 4.69) is 0 Å². The van der Waals surface area contributed by atoms with Crippen molar-refractivity contribution in [2.24, 2.45) is 5.73 Å². The van der Waals surface area contributed by atoms with Gasteiger partial charge in [-0.2, -0.15) is 0 Å². The lowest BCUT2D eigenvalue weighted by atomic mass is 10.1. The molecule has 1 aliphatic heterocycles. The third-order valence-corrected chi connectivity index (χ3v) is 4.65. The third-order valence-electron chi connectivity index (χ3n) is 3.28. The average molecular weight is 310 g/mol. The van der Waals surface area contributed by atoms with E-state index in [4.69, 9.17) is 15.2 Å². The number of thioether (sulfide) groups is 1. The average Bonchev–Trinajstić information content (AvgIpc) is 2.74. The van der Waals surface area contributed by atoms with Crippen molar-refractivity contribution in [3.63, 3.8) is 0 Å². The van der Waals surface area contributed by atoms with E-state index in [0.29, 0.717) is 11.5 Å². The highest BCUT2D eigenvalue weighted by Gasteiger charge is 2.40. The zero-order valence-electron chi connectivity index (χ0n) is 12.2. The smallest absolute Gasteiger partial charge is 0.237 e. The van der Waals surface area contributed by atoms with Gasteiger partial charge in [0, 0.05) is 5.56 Å². The Morgan fingerprint density at radius 2 is 2.10 bits per heavy atom. The third kappa shape index (κ3) is 3.07. The van der Waals surface area contributed by atoms with Crippen molar-refractivity contribution in [1.82, 2.24) is 4.90 Å². The molecule has 0 unspecified atom stereocenters. The summed E-state index contributed by atoms with van der Waals surface area (Å²) in [5.41, 5.74) is 6.04. The molecule has 21 heavy (non-hydrogen) atoms. The van der Waals surface area contributed by atoms with Gasteiger partial charge >= 0.3 is 0 Å². The normalized spacial score (nSPS) is 21.5. The summed E-state index contributed by atoms with van der Waals surface area (Å²) in [6.07, 6.45) is 0. The number of nitrogens with two attached hydrogens (primary N) is 1. The van der Waals surface area contributed by atoms with Gasteiger partial charge in [0.2, 0.25) is 11.8 Å². The summed E-state index contributed by atoms with van der Waals surface area (Å²) in [4.78, 5) is 24.9. The standard InChI is InChI=1S/C14H18N2O4S/c1-8-13(18)16(7-12(15)17)14(21-8)10-6-9(19-2)4-5-11(10)20-3/h4-6,8,14H,7H2,1-3H3,(H2,15,17)/t8-,14-/m1/s1. The van der Waals surface area contributed by atoms with Crippen molar-refractivity contribution in [1.29, 1.82) is 0 Å². The summed E-state index contributed by atoms with van der Waals surface area (Å²) in [6.45, 7) is 1.70. The Kier molecular flexibility index (Phi) is 4.62. The van der Waals surface area contributed by atoms with Crippen LogP contribution in [0.5, 0.6) is 11.5 Å². The van der Waals surface area contributed by atoms with Crippen LogP contribution in [0.1, 0.15) is 17.9 Å². The molecule has 0 aliphatic carbocycles. The summed E-state index contributed by atoms with van der Waals surface area (Å²) in [5.74, 6) is 0.667. The monoisotopic (exact) mass is 310 g/mol. The first kappa shape index (κ1) is 15.5. The predicted molar refractivity (Wildman–Crippen MR) is 80.2 cm³/mol. The quantitative estimate of drug-likeness (QED) is 0.882. The number of amides is 2. The van der Waals surface area contributed by atoms with Crippen LogP contribution in [0.3, 0.4) is 0 Å². The Bertz CT molecular complexity index is 564. The molecular weight excluding hydrogens is 292 g/mol. The van der Waals surface area contributed by atoms with Crippen molar-refractivity contribution in [3.05, 3.63) is 23.8 Å². The van der Waals surface area contributed by atoms with Crippen molar-refractivity contribution in [2.75, 3.05) is 20.8 Å². The van der Waals surface area contributed by atoms with Crippen LogP contribution >= 0.6 is 11.8 Å². The highest BCUT2D eigenvalue weighted by Crippen LogP contribution is 2.46. The maximum Gasteiger partial charge on any atom is 0.237 e. The van der Waals surface area contributed by atoms with Crippen LogP contribution in [0, 0.1) is 0 Å². The molecule has 1 aromatic rings. The molecule has 0 radical (unpaired) electrons. The highest BCUT2D eigenvalue weighted by molar-refractivity contribution is 8.01. The Labute approximate surface area is 127 Å². The maximum atomic E-state index is 12.2. The molecule has 0 spiro atoms. The van der Waals surface area contributed by atoms with E-state index in [1.54, 1.807) is 26.4 Å². The number of hydrogen-bond donors (Lipinski definition) is 1. The molecule has 2 N–H and O–H groups in total. The number of ether oxygens (including phenoxy) is 2. The lowest BCUT2D eigenvalue weighted by molar-refractivity contribution is -0.134. The van der Waals surface area contributed by atoms with E-state index in [-0.39, 0.29) is 23.1 Å². The molecule has 0 saturated carbocycles. The zero-order chi connectivity index (χ0) is 15.6. The fraction of sp³-hybridized carbons (Fsp3) is 0.429. The number of rotatable bonds is 5. The fourth-order valence-electron chi connectivity index (χ4n) is 2.28. The molecule has 1 aliphatic rings. The van der Waals surface area contributed by atoms with Gasteiger partial charge in [-0.1, -0.05) is 0 Å². The minimum atomic E-state index is -0.537. The van der Waals surface area contributed by atoms with Gasteiger partial charge in [0.1, 0.15) is 23.4 Å². The topological polar surface area (TPSA) is 81.9 Å². The van der Waals surface area contributed by atoms with Gasteiger partial charge in [-0.25, -0.2) is 0 Å². The Hall–Kier alpha value is -1.89. The second kappa shape index (κ2) is 6.26. The minimum absolute atomic E-state index is 0.103. The molecule has 1 aromatic carbocycles. The largest absolute Gasteiger partial charge is 0.497 e. The van der Waals surface area contributed by atoms with Gasteiger partial charge in [-0.15, -0.1) is 11.8 Å². The van der Waals surface area contributed by atoms with Crippen molar-refractivity contribution < 1.29 is 19.1 Å². The van der Waals surface area contributed by atoms with Crippen molar-refractivity contribution in [2.45, 2.75) is 17.5 Å². The summed E-state index contributed by atoms with van der Waals surface area (Å²) in [7, 11) is 3.14. The van der Waals surface area contributed by atoms with E-state index in [1.165, 1.54) is 16.7 Å². The van der Waals surface area contributed by atoms with Crippen LogP contribution in [-0.2, 0) is 9.59 Å². The maximum absolute atomic E-state index is 12.2. The Balaban J connectivity index is 2.42. The molecule has 2 amide bonds. The van der Waals surface area contributed by atoms with E-state index < -0.39 is 5.91 Å². The van der Waals surface area contributed by atoms with Crippen LogP contribution < -0.4 is 15.2 Å². The number of carbonyl (C=O) groups is 2. The van der Waals surface area contributed by atoms with Crippen molar-refractivity contribution in [3.8, 4) is 11.5 Å². The molecule has 114 valence electrons. The number of methoxy groups -OCH3 is 2. The molecule has 2 rings (SSSR count). The Morgan fingerprint density at radius 1 is 1.38 bits per heavy atom. The lowest BCUT2D eigenvalue weighted by Crippen LogP contribution is -2.37. The second-order valence-electron chi connectivity index (χ2n) is 4.67. The summed E-state index contributed by atoms with van der Waals surface area (Å²) < 4.78 is 10.6. The number of benzene rings is 1. The molecule has 1 heterocycles. The number of carbonyl (C=O) groups excluding carboxylic acids is 2. The SMILES string of the molecule is COc1ccc(OC)c([C@H]2S[C@H](C)C(=O)N2CC(N)=O)c1. The van der Waals surface area contributed by atoms with Crippen LogP contribution in [0.25, 0.3) is 0 Å². The molecule has 0 aromatic heterocycles. The van der Waals surface area contributed by atoms with Gasteiger partial charge in [0.15, 0.2) is 0 Å². The number of nitrogens with zero attached hydrogens (tertiary/aromatic N) is 1. The summed E-state index contributed by atoms with van der Waals surface area (Å²) in [6, 6.07) is 5.38. The molecule has 1 fully saturated rings. The molecular formula is C14H18N2O4S. The van der Waals surface area contributed by atoms with Crippen LogP contribution in [0.2, 0.25) is 0 Å². The van der Waals surface area contributed by atoms with Gasteiger partial charge in [-0.05, 0) is 25.1 Å².